The Hall–Kier alpha value is -1.10. The maximum Gasteiger partial charge on any atom is 0.123 e. The van der Waals surface area contributed by atoms with Crippen molar-refractivity contribution in [3.8, 4) is 5.75 Å². The van der Waals surface area contributed by atoms with Crippen LogP contribution < -0.4 is 10.1 Å². The average Bonchev–Trinajstić information content (AvgIpc) is 3.19. The topological polar surface area (TPSA) is 44.7 Å². The summed E-state index contributed by atoms with van der Waals surface area (Å²) in [7, 11) is 2.14. The van der Waals surface area contributed by atoms with E-state index in [0.29, 0.717) is 25.2 Å². The Labute approximate surface area is 158 Å². The van der Waals surface area contributed by atoms with E-state index in [2.05, 4.69) is 29.4 Å². The van der Waals surface area contributed by atoms with Crippen molar-refractivity contribution in [3.63, 3.8) is 0 Å². The van der Waals surface area contributed by atoms with Gasteiger partial charge in [-0.3, -0.25) is 0 Å². The Balaban J connectivity index is 1.44. The van der Waals surface area contributed by atoms with Crippen molar-refractivity contribution in [1.29, 1.82) is 0 Å². The van der Waals surface area contributed by atoms with Crippen LogP contribution in [-0.2, 0) is 6.54 Å². The molecule has 1 atom stereocenters. The molecule has 2 aliphatic carbocycles. The van der Waals surface area contributed by atoms with Crippen LogP contribution in [0.5, 0.6) is 5.75 Å². The molecule has 0 aromatic heterocycles. The summed E-state index contributed by atoms with van der Waals surface area (Å²) < 4.78 is 5.99. The standard InChI is InChI=1S/C22H36N2O2/c1-24(20-12-3-2-4-13-20)16-21(25)17-26-22-14-8-5-9-18(22)15-23-19-10-6-7-11-19/h5,8-9,14,19-21,23,25H,2-4,6-7,10-13,15-17H2,1H3. The molecular formula is C22H36N2O2. The fourth-order valence-corrected chi connectivity index (χ4v) is 4.42. The number of nitrogens with zero attached hydrogens (tertiary/aromatic N) is 1. The van der Waals surface area contributed by atoms with E-state index in [0.717, 1.165) is 12.3 Å². The molecule has 1 aromatic rings. The van der Waals surface area contributed by atoms with Crippen molar-refractivity contribution >= 4 is 0 Å². The summed E-state index contributed by atoms with van der Waals surface area (Å²) in [6.45, 7) is 1.89. The van der Waals surface area contributed by atoms with Crippen LogP contribution in [0.3, 0.4) is 0 Å². The van der Waals surface area contributed by atoms with Crippen LogP contribution in [-0.4, -0.2) is 48.4 Å². The van der Waals surface area contributed by atoms with E-state index in [-0.39, 0.29) is 0 Å². The van der Waals surface area contributed by atoms with Gasteiger partial charge in [-0.2, -0.15) is 0 Å². The van der Waals surface area contributed by atoms with Gasteiger partial charge in [0.15, 0.2) is 0 Å². The number of para-hydroxylation sites is 1. The Morgan fingerprint density at radius 2 is 1.77 bits per heavy atom. The molecule has 0 spiro atoms. The number of hydrogen-bond donors (Lipinski definition) is 2. The third kappa shape index (κ3) is 5.97. The molecule has 4 heteroatoms. The molecule has 2 fully saturated rings. The summed E-state index contributed by atoms with van der Waals surface area (Å²) in [6, 6.07) is 9.49. The Morgan fingerprint density at radius 3 is 2.54 bits per heavy atom. The first kappa shape index (κ1) is 19.7. The van der Waals surface area contributed by atoms with E-state index >= 15 is 0 Å². The van der Waals surface area contributed by atoms with E-state index in [1.807, 2.05) is 12.1 Å². The van der Waals surface area contributed by atoms with Gasteiger partial charge in [0.25, 0.3) is 0 Å². The second kappa shape index (κ2) is 10.3. The quantitative estimate of drug-likeness (QED) is 0.704. The van der Waals surface area contributed by atoms with E-state index in [1.54, 1.807) is 0 Å². The molecule has 0 aliphatic heterocycles. The first-order valence-corrected chi connectivity index (χ1v) is 10.5. The highest BCUT2D eigenvalue weighted by molar-refractivity contribution is 5.33. The summed E-state index contributed by atoms with van der Waals surface area (Å²) in [5, 5.41) is 14.1. The fourth-order valence-electron chi connectivity index (χ4n) is 4.42. The smallest absolute Gasteiger partial charge is 0.123 e. The van der Waals surface area contributed by atoms with E-state index in [9.17, 15) is 5.11 Å². The van der Waals surface area contributed by atoms with Crippen LogP contribution in [0.1, 0.15) is 63.4 Å². The lowest BCUT2D eigenvalue weighted by molar-refractivity contribution is 0.0558. The highest BCUT2D eigenvalue weighted by Gasteiger charge is 2.20. The van der Waals surface area contributed by atoms with Crippen LogP contribution in [0.15, 0.2) is 24.3 Å². The molecular weight excluding hydrogens is 324 g/mol. The molecule has 0 saturated heterocycles. The predicted molar refractivity (Wildman–Crippen MR) is 107 cm³/mol. The summed E-state index contributed by atoms with van der Waals surface area (Å²) in [4.78, 5) is 2.32. The highest BCUT2D eigenvalue weighted by atomic mass is 16.5. The molecule has 2 saturated carbocycles. The molecule has 3 rings (SSSR count). The molecule has 1 unspecified atom stereocenters. The minimum Gasteiger partial charge on any atom is -0.491 e. The van der Waals surface area contributed by atoms with Crippen molar-refractivity contribution in [2.45, 2.75) is 82.5 Å². The number of hydrogen-bond acceptors (Lipinski definition) is 4. The Bertz CT molecular complexity index is 525. The van der Waals surface area contributed by atoms with Crippen molar-refractivity contribution in [2.24, 2.45) is 0 Å². The van der Waals surface area contributed by atoms with Crippen molar-refractivity contribution in [2.75, 3.05) is 20.2 Å². The van der Waals surface area contributed by atoms with E-state index in [1.165, 1.54) is 63.4 Å². The third-order valence-corrected chi connectivity index (χ3v) is 6.04. The van der Waals surface area contributed by atoms with Crippen molar-refractivity contribution < 1.29 is 9.84 Å². The normalized spacial score (nSPS) is 20.6. The van der Waals surface area contributed by atoms with Gasteiger partial charge in [0, 0.05) is 30.7 Å². The lowest BCUT2D eigenvalue weighted by Gasteiger charge is -2.32. The van der Waals surface area contributed by atoms with Gasteiger partial charge in [0.1, 0.15) is 18.5 Å². The monoisotopic (exact) mass is 360 g/mol. The van der Waals surface area contributed by atoms with Gasteiger partial charge < -0.3 is 20.1 Å². The molecule has 0 amide bonds. The summed E-state index contributed by atoms with van der Waals surface area (Å²) in [5.41, 5.74) is 1.19. The SMILES string of the molecule is CN(CC(O)COc1ccccc1CNC1CCCC1)C1CCCCC1. The Kier molecular flexibility index (Phi) is 7.78. The maximum atomic E-state index is 10.4. The molecule has 146 valence electrons. The van der Waals surface area contributed by atoms with Gasteiger partial charge in [-0.05, 0) is 38.8 Å². The molecule has 2 aliphatic rings. The van der Waals surface area contributed by atoms with Gasteiger partial charge in [-0.25, -0.2) is 0 Å². The largest absolute Gasteiger partial charge is 0.491 e. The van der Waals surface area contributed by atoms with Crippen LogP contribution in [0, 0.1) is 0 Å². The minimum atomic E-state index is -0.447. The number of aliphatic hydroxyl groups excluding tert-OH is 1. The molecule has 26 heavy (non-hydrogen) atoms. The molecule has 0 heterocycles. The van der Waals surface area contributed by atoms with Gasteiger partial charge in [-0.15, -0.1) is 0 Å². The molecule has 0 radical (unpaired) electrons. The third-order valence-electron chi connectivity index (χ3n) is 6.04. The zero-order valence-electron chi connectivity index (χ0n) is 16.3. The highest BCUT2D eigenvalue weighted by Crippen LogP contribution is 2.23. The second-order valence-electron chi connectivity index (χ2n) is 8.17. The van der Waals surface area contributed by atoms with Gasteiger partial charge in [0.2, 0.25) is 0 Å². The summed E-state index contributed by atoms with van der Waals surface area (Å²) in [5.74, 6) is 0.900. The van der Waals surface area contributed by atoms with Crippen LogP contribution in [0.25, 0.3) is 0 Å². The number of likely N-dealkylation sites (N-methyl/N-ethyl adjacent to an activating group) is 1. The van der Waals surface area contributed by atoms with Gasteiger partial charge >= 0.3 is 0 Å². The van der Waals surface area contributed by atoms with E-state index < -0.39 is 6.10 Å². The predicted octanol–water partition coefficient (Wildman–Crippen LogP) is 3.72. The molecule has 2 N–H and O–H groups in total. The Morgan fingerprint density at radius 1 is 1.08 bits per heavy atom. The zero-order valence-corrected chi connectivity index (χ0v) is 16.3. The van der Waals surface area contributed by atoms with Crippen molar-refractivity contribution in [1.82, 2.24) is 10.2 Å². The van der Waals surface area contributed by atoms with Gasteiger partial charge in [0.05, 0.1) is 0 Å². The zero-order chi connectivity index (χ0) is 18.2. The summed E-state index contributed by atoms with van der Waals surface area (Å²) >= 11 is 0. The fraction of sp³-hybridized carbons (Fsp3) is 0.727. The van der Waals surface area contributed by atoms with Crippen LogP contribution in [0.4, 0.5) is 0 Å². The lowest BCUT2D eigenvalue weighted by Crippen LogP contribution is -2.40. The number of aliphatic hydroxyl groups is 1. The second-order valence-corrected chi connectivity index (χ2v) is 8.17. The molecule has 0 bridgehead atoms. The maximum absolute atomic E-state index is 10.4. The van der Waals surface area contributed by atoms with E-state index in [4.69, 9.17) is 4.74 Å². The lowest BCUT2D eigenvalue weighted by atomic mass is 9.94. The number of rotatable bonds is 9. The number of ether oxygens (including phenoxy) is 1. The number of benzene rings is 1. The van der Waals surface area contributed by atoms with Crippen molar-refractivity contribution in [3.05, 3.63) is 29.8 Å². The van der Waals surface area contributed by atoms with Gasteiger partial charge in [-0.1, -0.05) is 50.3 Å². The first-order valence-electron chi connectivity index (χ1n) is 10.5. The number of nitrogens with one attached hydrogen (secondary N) is 1. The summed E-state index contributed by atoms with van der Waals surface area (Å²) in [6.07, 6.45) is 11.3. The average molecular weight is 361 g/mol. The minimum absolute atomic E-state index is 0.359. The van der Waals surface area contributed by atoms with Crippen LogP contribution in [0.2, 0.25) is 0 Å². The van der Waals surface area contributed by atoms with Crippen LogP contribution >= 0.6 is 0 Å². The first-order chi connectivity index (χ1) is 12.7. The molecule has 1 aromatic carbocycles. The molecule has 4 nitrogen and oxygen atoms in total.